The first kappa shape index (κ1) is 17.6. The van der Waals surface area contributed by atoms with Gasteiger partial charge in [0, 0.05) is 38.6 Å². The highest BCUT2D eigenvalue weighted by atomic mass is 32.1. The summed E-state index contributed by atoms with van der Waals surface area (Å²) in [7, 11) is 0. The smallest absolute Gasteiger partial charge is 0.279 e. The SMILES string of the molecule is CC(=O)N1CC2CC1CN2Cc1ccc(Oc2nc3c(F)cccc3s2)cc1. The molecular formula is C21H20FN3O2S. The summed E-state index contributed by atoms with van der Waals surface area (Å²) in [5.74, 6) is 0.541. The van der Waals surface area contributed by atoms with E-state index >= 15 is 0 Å². The molecule has 0 radical (unpaired) electrons. The van der Waals surface area contributed by atoms with E-state index in [1.165, 1.54) is 23.0 Å². The van der Waals surface area contributed by atoms with Gasteiger partial charge >= 0.3 is 0 Å². The number of para-hydroxylation sites is 1. The number of thiazole rings is 1. The molecule has 3 aromatic rings. The van der Waals surface area contributed by atoms with E-state index in [0.29, 0.717) is 28.5 Å². The van der Waals surface area contributed by atoms with Gasteiger partial charge < -0.3 is 9.64 Å². The third kappa shape index (κ3) is 3.14. The van der Waals surface area contributed by atoms with Gasteiger partial charge in [0.25, 0.3) is 5.19 Å². The molecule has 2 bridgehead atoms. The van der Waals surface area contributed by atoms with E-state index in [4.69, 9.17) is 4.74 Å². The molecule has 1 amide bonds. The second kappa shape index (κ2) is 6.83. The number of aromatic nitrogens is 1. The summed E-state index contributed by atoms with van der Waals surface area (Å²) in [6.45, 7) is 4.32. The van der Waals surface area contributed by atoms with Crippen molar-refractivity contribution in [2.75, 3.05) is 13.1 Å². The molecule has 2 aliphatic rings. The van der Waals surface area contributed by atoms with Gasteiger partial charge in [-0.15, -0.1) is 0 Å². The lowest BCUT2D eigenvalue weighted by atomic mass is 10.2. The van der Waals surface area contributed by atoms with Crippen molar-refractivity contribution in [3.05, 3.63) is 53.8 Å². The number of halogens is 1. The van der Waals surface area contributed by atoms with Crippen LogP contribution in [0, 0.1) is 5.82 Å². The second-order valence-electron chi connectivity index (χ2n) is 7.46. The molecule has 0 aliphatic carbocycles. The molecule has 3 heterocycles. The zero-order valence-electron chi connectivity index (χ0n) is 15.5. The van der Waals surface area contributed by atoms with Crippen LogP contribution in [0.5, 0.6) is 10.9 Å². The highest BCUT2D eigenvalue weighted by Gasteiger charge is 2.43. The summed E-state index contributed by atoms with van der Waals surface area (Å²) >= 11 is 1.33. The van der Waals surface area contributed by atoms with Gasteiger partial charge in [0.15, 0.2) is 0 Å². The molecule has 5 rings (SSSR count). The fourth-order valence-electron chi connectivity index (χ4n) is 4.27. The van der Waals surface area contributed by atoms with E-state index in [0.717, 1.165) is 30.8 Å². The number of amides is 1. The highest BCUT2D eigenvalue weighted by molar-refractivity contribution is 7.20. The average Bonchev–Trinajstić information content (AvgIpc) is 3.37. The Morgan fingerprint density at radius 2 is 2.04 bits per heavy atom. The Bertz CT molecular complexity index is 1040. The number of ether oxygens (including phenoxy) is 1. The second-order valence-corrected chi connectivity index (χ2v) is 8.45. The lowest BCUT2D eigenvalue weighted by Crippen LogP contribution is -2.47. The molecular weight excluding hydrogens is 377 g/mol. The molecule has 2 atom stereocenters. The standard InChI is InChI=1S/C21H20FN3O2S/c1-13(26)25-12-15-9-16(25)11-24(15)10-14-5-7-17(8-6-14)27-21-23-20-18(22)3-2-4-19(20)28-21/h2-8,15-16H,9-12H2,1H3. The van der Waals surface area contributed by atoms with Crippen LogP contribution in [-0.2, 0) is 11.3 Å². The summed E-state index contributed by atoms with van der Waals surface area (Å²) < 4.78 is 20.4. The number of hydrogen-bond donors (Lipinski definition) is 0. The number of rotatable bonds is 4. The van der Waals surface area contributed by atoms with Gasteiger partial charge in [-0.2, -0.15) is 4.98 Å². The number of nitrogens with zero attached hydrogens (tertiary/aromatic N) is 3. The average molecular weight is 397 g/mol. The summed E-state index contributed by atoms with van der Waals surface area (Å²) in [5, 5.41) is 0.439. The lowest BCUT2D eigenvalue weighted by Gasteiger charge is -2.33. The normalized spacial score (nSPS) is 21.6. The number of piperazine rings is 1. The van der Waals surface area contributed by atoms with Gasteiger partial charge in [0.05, 0.1) is 4.70 Å². The van der Waals surface area contributed by atoms with Crippen molar-refractivity contribution in [3.63, 3.8) is 0 Å². The van der Waals surface area contributed by atoms with Crippen LogP contribution in [0.1, 0.15) is 18.9 Å². The van der Waals surface area contributed by atoms with Crippen LogP contribution in [0.25, 0.3) is 10.2 Å². The van der Waals surface area contributed by atoms with Crippen LogP contribution in [-0.4, -0.2) is 45.9 Å². The molecule has 0 N–H and O–H groups in total. The maximum atomic E-state index is 13.8. The lowest BCUT2D eigenvalue weighted by molar-refractivity contribution is -0.131. The summed E-state index contributed by atoms with van der Waals surface area (Å²) in [4.78, 5) is 20.3. The number of hydrogen-bond acceptors (Lipinski definition) is 5. The topological polar surface area (TPSA) is 45.7 Å². The van der Waals surface area contributed by atoms with Crippen molar-refractivity contribution >= 4 is 27.5 Å². The van der Waals surface area contributed by atoms with Crippen LogP contribution in [0.15, 0.2) is 42.5 Å². The van der Waals surface area contributed by atoms with Crippen LogP contribution in [0.3, 0.4) is 0 Å². The predicted molar refractivity (Wildman–Crippen MR) is 106 cm³/mol. The highest BCUT2D eigenvalue weighted by Crippen LogP contribution is 2.34. The van der Waals surface area contributed by atoms with Gasteiger partial charge in [0.1, 0.15) is 17.1 Å². The van der Waals surface area contributed by atoms with E-state index in [9.17, 15) is 9.18 Å². The third-order valence-electron chi connectivity index (χ3n) is 5.62. The molecule has 28 heavy (non-hydrogen) atoms. The van der Waals surface area contributed by atoms with Crippen molar-refractivity contribution < 1.29 is 13.9 Å². The maximum Gasteiger partial charge on any atom is 0.279 e. The summed E-state index contributed by atoms with van der Waals surface area (Å²) in [5.41, 5.74) is 1.56. The first-order chi connectivity index (χ1) is 13.6. The van der Waals surface area contributed by atoms with Crippen LogP contribution in [0.4, 0.5) is 4.39 Å². The number of likely N-dealkylation sites (tertiary alicyclic amines) is 2. The van der Waals surface area contributed by atoms with Crippen LogP contribution in [0.2, 0.25) is 0 Å². The molecule has 5 nitrogen and oxygen atoms in total. The first-order valence-corrected chi connectivity index (χ1v) is 10.2. The number of fused-ring (bicyclic) bond motifs is 3. The van der Waals surface area contributed by atoms with Crippen molar-refractivity contribution in [1.29, 1.82) is 0 Å². The van der Waals surface area contributed by atoms with Gasteiger partial charge in [-0.3, -0.25) is 9.69 Å². The fourth-order valence-corrected chi connectivity index (χ4v) is 5.11. The van der Waals surface area contributed by atoms with Crippen molar-refractivity contribution in [3.8, 4) is 10.9 Å². The quantitative estimate of drug-likeness (QED) is 0.667. The molecule has 1 aromatic heterocycles. The van der Waals surface area contributed by atoms with Crippen molar-refractivity contribution in [1.82, 2.24) is 14.8 Å². The van der Waals surface area contributed by atoms with Crippen LogP contribution >= 0.6 is 11.3 Å². The molecule has 0 spiro atoms. The van der Waals surface area contributed by atoms with Gasteiger partial charge in [-0.1, -0.05) is 29.5 Å². The monoisotopic (exact) mass is 397 g/mol. The Labute approximate surface area is 166 Å². The molecule has 7 heteroatoms. The minimum absolute atomic E-state index is 0.184. The first-order valence-electron chi connectivity index (χ1n) is 9.40. The van der Waals surface area contributed by atoms with Crippen molar-refractivity contribution in [2.45, 2.75) is 32.0 Å². The minimum atomic E-state index is -0.331. The zero-order chi connectivity index (χ0) is 19.3. The summed E-state index contributed by atoms with van der Waals surface area (Å²) in [6.07, 6.45) is 1.08. The molecule has 0 saturated carbocycles. The Morgan fingerprint density at radius 3 is 2.71 bits per heavy atom. The number of carbonyl (C=O) groups excluding carboxylic acids is 1. The van der Waals surface area contributed by atoms with Gasteiger partial charge in [-0.25, -0.2) is 4.39 Å². The fraction of sp³-hybridized carbons (Fsp3) is 0.333. The van der Waals surface area contributed by atoms with E-state index < -0.39 is 0 Å². The molecule has 2 unspecified atom stereocenters. The summed E-state index contributed by atoms with van der Waals surface area (Å²) in [6, 6.07) is 13.7. The predicted octanol–water partition coefficient (Wildman–Crippen LogP) is 4.03. The molecule has 2 saturated heterocycles. The Balaban J connectivity index is 1.24. The largest absolute Gasteiger partial charge is 0.431 e. The van der Waals surface area contributed by atoms with E-state index in [1.54, 1.807) is 13.0 Å². The third-order valence-corrected chi connectivity index (χ3v) is 6.52. The molecule has 2 aromatic carbocycles. The Hall–Kier alpha value is -2.51. The van der Waals surface area contributed by atoms with E-state index in [2.05, 4.69) is 22.0 Å². The van der Waals surface area contributed by atoms with E-state index in [1.807, 2.05) is 23.1 Å². The minimum Gasteiger partial charge on any atom is -0.431 e. The van der Waals surface area contributed by atoms with Gasteiger partial charge in [0.2, 0.25) is 5.91 Å². The Kier molecular flexibility index (Phi) is 4.29. The zero-order valence-corrected chi connectivity index (χ0v) is 16.3. The van der Waals surface area contributed by atoms with E-state index in [-0.39, 0.29) is 11.7 Å². The number of benzene rings is 2. The van der Waals surface area contributed by atoms with Crippen LogP contribution < -0.4 is 4.74 Å². The van der Waals surface area contributed by atoms with Gasteiger partial charge in [-0.05, 0) is 36.2 Å². The molecule has 2 fully saturated rings. The molecule has 144 valence electrons. The Morgan fingerprint density at radius 1 is 1.21 bits per heavy atom. The maximum absolute atomic E-state index is 13.8. The van der Waals surface area contributed by atoms with Crippen molar-refractivity contribution in [2.24, 2.45) is 0 Å². The number of carbonyl (C=O) groups is 1. The molecule has 2 aliphatic heterocycles.